The van der Waals surface area contributed by atoms with Gasteiger partial charge in [0.2, 0.25) is 11.8 Å². The fourth-order valence-electron chi connectivity index (χ4n) is 9.27. The summed E-state index contributed by atoms with van der Waals surface area (Å²) in [7, 11) is 0. The van der Waals surface area contributed by atoms with Gasteiger partial charge in [0.15, 0.2) is 23.1 Å². The van der Waals surface area contributed by atoms with Crippen LogP contribution in [0, 0.1) is 23.7 Å². The number of ketones is 2. The maximum atomic E-state index is 15.1. The molecule has 2 fully saturated rings. The second kappa shape index (κ2) is 13.8. The highest BCUT2D eigenvalue weighted by molar-refractivity contribution is 6.31. The number of aliphatic carboxylic acids is 1. The number of unbranched alkanes of at least 4 members (excludes halogenated alkanes) is 2. The predicted molar refractivity (Wildman–Crippen MR) is 189 cm³/mol. The van der Waals surface area contributed by atoms with Gasteiger partial charge < -0.3 is 14.9 Å². The summed E-state index contributed by atoms with van der Waals surface area (Å²) < 4.78 is 5.81. The first kappa shape index (κ1) is 34.2. The van der Waals surface area contributed by atoms with E-state index in [0.717, 1.165) is 5.57 Å². The van der Waals surface area contributed by atoms with E-state index in [9.17, 15) is 19.5 Å². The smallest absolute Gasteiger partial charge is 0.303 e. The van der Waals surface area contributed by atoms with E-state index >= 15 is 9.59 Å². The number of phenols is 1. The number of amides is 2. The van der Waals surface area contributed by atoms with Crippen LogP contribution in [0.15, 0.2) is 96.6 Å². The number of rotatable bonds is 11. The van der Waals surface area contributed by atoms with Crippen molar-refractivity contribution in [1.82, 2.24) is 4.90 Å². The molecule has 51 heavy (non-hydrogen) atoms. The van der Waals surface area contributed by atoms with Gasteiger partial charge in [-0.2, -0.15) is 0 Å². The van der Waals surface area contributed by atoms with E-state index < -0.39 is 41.0 Å². The van der Waals surface area contributed by atoms with Crippen LogP contribution in [-0.4, -0.2) is 57.6 Å². The summed E-state index contributed by atoms with van der Waals surface area (Å²) in [6.45, 7) is 2.31. The number of phenolic OH excluding ortho intramolecular Hbond substituents is 1. The number of fused-ring (bicyclic) bond motifs is 4. The molecule has 1 heterocycles. The lowest BCUT2D eigenvalue weighted by molar-refractivity contribution is -0.141. The number of para-hydroxylation sites is 1. The molecule has 3 aromatic rings. The predicted octanol–water partition coefficient (Wildman–Crippen LogP) is 6.26. The Hall–Kier alpha value is -5.31. The highest BCUT2D eigenvalue weighted by atomic mass is 16.5. The summed E-state index contributed by atoms with van der Waals surface area (Å²) in [5, 5.41) is 20.9. The lowest BCUT2D eigenvalue weighted by atomic mass is 9.44. The molecule has 262 valence electrons. The van der Waals surface area contributed by atoms with Crippen molar-refractivity contribution in [2.24, 2.45) is 23.7 Å². The minimum Gasteiger partial charge on any atom is -0.504 e. The number of hydrogen-bond donors (Lipinski definition) is 2. The van der Waals surface area contributed by atoms with E-state index in [2.05, 4.69) is 0 Å². The molecule has 4 aliphatic rings. The summed E-state index contributed by atoms with van der Waals surface area (Å²) in [4.78, 5) is 70.6. The monoisotopic (exact) mass is 687 g/mol. The minimum atomic E-state index is -1.45. The number of aromatic hydroxyl groups is 1. The molecule has 0 bridgehead atoms. The summed E-state index contributed by atoms with van der Waals surface area (Å²) in [6, 6.07) is 23.5. The van der Waals surface area contributed by atoms with Crippen LogP contribution in [-0.2, 0) is 29.4 Å². The van der Waals surface area contributed by atoms with Crippen LogP contribution in [0.4, 0.5) is 0 Å². The normalized spacial score (nSPS) is 26.9. The zero-order chi connectivity index (χ0) is 35.9. The molecule has 0 aromatic heterocycles. The van der Waals surface area contributed by atoms with E-state index in [-0.39, 0.29) is 60.7 Å². The highest BCUT2D eigenvalue weighted by Gasteiger charge is 2.66. The van der Waals surface area contributed by atoms with Crippen molar-refractivity contribution in [2.75, 3.05) is 13.2 Å². The van der Waals surface area contributed by atoms with E-state index in [1.54, 1.807) is 30.3 Å². The maximum Gasteiger partial charge on any atom is 0.303 e. The SMILES string of the molecule is CCOc1cccc(C2C3=CCC4C(=O)N(CCCCCC(=O)O)C(=O)C4C3CC3C(=O)C(c4ccccc4)=CC(=O)C32c2ccccc2)c1O. The van der Waals surface area contributed by atoms with Crippen LogP contribution in [0.5, 0.6) is 11.5 Å². The molecule has 1 aliphatic heterocycles. The lowest BCUT2D eigenvalue weighted by Gasteiger charge is -2.55. The van der Waals surface area contributed by atoms with Crippen molar-refractivity contribution in [3.8, 4) is 11.5 Å². The summed E-state index contributed by atoms with van der Waals surface area (Å²) in [6.07, 6.45) is 5.42. The number of Topliss-reactive ketones (excluding diaryl/α,β-unsaturated/α-hetero) is 1. The molecule has 9 heteroatoms. The van der Waals surface area contributed by atoms with Crippen molar-refractivity contribution in [3.63, 3.8) is 0 Å². The quantitative estimate of drug-likeness (QED) is 0.137. The maximum absolute atomic E-state index is 15.1. The third-order valence-corrected chi connectivity index (χ3v) is 11.4. The molecule has 0 spiro atoms. The molecule has 1 saturated carbocycles. The Morgan fingerprint density at radius 3 is 2.31 bits per heavy atom. The Balaban J connectivity index is 1.39. The summed E-state index contributed by atoms with van der Waals surface area (Å²) in [5.41, 5.74) is 1.31. The molecule has 3 aliphatic carbocycles. The van der Waals surface area contributed by atoms with Gasteiger partial charge in [-0.15, -0.1) is 0 Å². The molecular formula is C42H41NO8. The van der Waals surface area contributed by atoms with E-state index in [1.807, 2.05) is 61.5 Å². The van der Waals surface area contributed by atoms with Crippen LogP contribution < -0.4 is 4.74 Å². The van der Waals surface area contributed by atoms with Crippen LogP contribution >= 0.6 is 0 Å². The second-order valence-electron chi connectivity index (χ2n) is 13.9. The van der Waals surface area contributed by atoms with Crippen molar-refractivity contribution < 1.29 is 38.9 Å². The Morgan fingerprint density at radius 1 is 0.882 bits per heavy atom. The number of carboxylic acid groups (broad SMARTS) is 1. The number of nitrogens with zero attached hydrogens (tertiary/aromatic N) is 1. The third kappa shape index (κ3) is 5.59. The standard InChI is InChI=1S/C42H41NO8/c1-2-51-33-18-12-17-29(39(33)48)37-27-20-21-28-36(41(50)43(40(28)49)22-11-5-10-19-35(45)46)31(27)23-32-38(47)30(25-13-6-3-7-14-25)24-34(44)42(32,37)26-15-8-4-9-16-26/h3-4,6-9,12-18,20,24,28,31-32,36-37,48H,2,5,10-11,19,21-23H2,1H3,(H,45,46). The number of imide groups is 1. The van der Waals surface area contributed by atoms with Gasteiger partial charge in [-0.3, -0.25) is 28.9 Å². The van der Waals surface area contributed by atoms with Crippen LogP contribution in [0.2, 0.25) is 0 Å². The molecular weight excluding hydrogens is 646 g/mol. The van der Waals surface area contributed by atoms with Gasteiger partial charge in [-0.05, 0) is 61.8 Å². The molecule has 3 aromatic carbocycles. The average molecular weight is 688 g/mol. The first-order chi connectivity index (χ1) is 24.7. The summed E-state index contributed by atoms with van der Waals surface area (Å²) in [5.74, 6) is -5.46. The van der Waals surface area contributed by atoms with Gasteiger partial charge >= 0.3 is 5.97 Å². The van der Waals surface area contributed by atoms with Crippen LogP contribution in [0.1, 0.15) is 68.1 Å². The number of benzene rings is 3. The Bertz CT molecular complexity index is 1950. The molecule has 2 amide bonds. The number of carbonyl (C=O) groups is 5. The summed E-state index contributed by atoms with van der Waals surface area (Å²) >= 11 is 0. The van der Waals surface area contributed by atoms with Crippen molar-refractivity contribution in [2.45, 2.75) is 56.8 Å². The van der Waals surface area contributed by atoms with E-state index in [0.29, 0.717) is 48.1 Å². The molecule has 7 rings (SSSR count). The number of likely N-dealkylation sites (tertiary alicyclic amines) is 1. The zero-order valence-corrected chi connectivity index (χ0v) is 28.5. The molecule has 0 radical (unpaired) electrons. The topological polar surface area (TPSA) is 138 Å². The highest BCUT2D eigenvalue weighted by Crippen LogP contribution is 2.64. The van der Waals surface area contributed by atoms with Gasteiger partial charge in [0.1, 0.15) is 0 Å². The van der Waals surface area contributed by atoms with Crippen LogP contribution in [0.3, 0.4) is 0 Å². The molecule has 6 unspecified atom stereocenters. The van der Waals surface area contributed by atoms with Crippen LogP contribution in [0.25, 0.3) is 5.57 Å². The van der Waals surface area contributed by atoms with E-state index in [4.69, 9.17) is 9.84 Å². The van der Waals surface area contributed by atoms with Gasteiger partial charge in [0.25, 0.3) is 0 Å². The number of carbonyl (C=O) groups excluding carboxylic acids is 4. The Kier molecular flexibility index (Phi) is 9.23. The number of hydrogen-bond acceptors (Lipinski definition) is 7. The van der Waals surface area contributed by atoms with Gasteiger partial charge in [0.05, 0.1) is 23.9 Å². The lowest BCUT2D eigenvalue weighted by Crippen LogP contribution is -2.58. The molecule has 9 nitrogen and oxygen atoms in total. The van der Waals surface area contributed by atoms with Crippen molar-refractivity contribution >= 4 is 34.9 Å². The first-order valence-electron chi connectivity index (χ1n) is 17.8. The minimum absolute atomic E-state index is 0.0257. The van der Waals surface area contributed by atoms with Crippen molar-refractivity contribution in [3.05, 3.63) is 113 Å². The Morgan fingerprint density at radius 2 is 1.61 bits per heavy atom. The first-order valence-corrected chi connectivity index (χ1v) is 17.8. The zero-order valence-electron chi connectivity index (χ0n) is 28.5. The molecule has 2 N–H and O–H groups in total. The number of ether oxygens (including phenoxy) is 1. The average Bonchev–Trinajstić information content (AvgIpc) is 3.38. The fraction of sp³-hybridized carbons (Fsp3) is 0.357. The largest absolute Gasteiger partial charge is 0.504 e. The third-order valence-electron chi connectivity index (χ3n) is 11.4. The second-order valence-corrected chi connectivity index (χ2v) is 13.9. The van der Waals surface area contributed by atoms with Crippen molar-refractivity contribution in [1.29, 1.82) is 0 Å². The molecule has 1 saturated heterocycles. The Labute approximate surface area is 296 Å². The van der Waals surface area contributed by atoms with Gasteiger partial charge in [0, 0.05) is 35.9 Å². The van der Waals surface area contributed by atoms with E-state index in [1.165, 1.54) is 11.0 Å². The van der Waals surface area contributed by atoms with Gasteiger partial charge in [-0.25, -0.2) is 0 Å². The van der Waals surface area contributed by atoms with Gasteiger partial charge in [-0.1, -0.05) is 90.9 Å². The fourth-order valence-corrected chi connectivity index (χ4v) is 9.27. The number of carboxylic acids is 1. The molecule has 6 atom stereocenters. The number of allylic oxidation sites excluding steroid dienone is 4.